The van der Waals surface area contributed by atoms with Crippen molar-refractivity contribution in [2.24, 2.45) is 0 Å². The summed E-state index contributed by atoms with van der Waals surface area (Å²) in [4.78, 5) is 1.32. The highest BCUT2D eigenvalue weighted by molar-refractivity contribution is 9.10. The fourth-order valence-corrected chi connectivity index (χ4v) is 4.74. The van der Waals surface area contributed by atoms with Crippen LogP contribution in [0.4, 0.5) is 0 Å². The molecule has 0 atom stereocenters. The van der Waals surface area contributed by atoms with Crippen LogP contribution >= 0.6 is 27.3 Å². The molecule has 166 valence electrons. The van der Waals surface area contributed by atoms with Gasteiger partial charge in [0.25, 0.3) is 0 Å². The van der Waals surface area contributed by atoms with Crippen molar-refractivity contribution < 1.29 is 9.47 Å². The van der Waals surface area contributed by atoms with Crippen LogP contribution in [0.1, 0.15) is 4.88 Å². The molecule has 4 nitrogen and oxygen atoms in total. The molecular weight excluding hydrogens is 496 g/mol. The predicted octanol–water partition coefficient (Wildman–Crippen LogP) is 7.23. The number of thiophene rings is 1. The first-order chi connectivity index (χ1) is 16.2. The molecule has 0 aliphatic heterocycles. The average Bonchev–Trinajstić information content (AvgIpc) is 3.50. The molecule has 0 spiro atoms. The Morgan fingerprint density at radius 3 is 2.52 bits per heavy atom. The fraction of sp³-hybridized carbons (Fsp3) is 0.148. The van der Waals surface area contributed by atoms with Crippen molar-refractivity contribution in [3.63, 3.8) is 0 Å². The average molecular weight is 519 g/mol. The Morgan fingerprint density at radius 1 is 0.818 bits per heavy atom. The van der Waals surface area contributed by atoms with Crippen molar-refractivity contribution >= 4 is 38.0 Å². The molecule has 0 aliphatic carbocycles. The first kappa shape index (κ1) is 21.7. The second-order valence-electron chi connectivity index (χ2n) is 7.64. The zero-order valence-electron chi connectivity index (χ0n) is 18.0. The van der Waals surface area contributed by atoms with E-state index in [0.717, 1.165) is 39.2 Å². The Hall–Kier alpha value is -3.09. The molecule has 3 aromatic carbocycles. The summed E-state index contributed by atoms with van der Waals surface area (Å²) in [7, 11) is 0. The Balaban J connectivity index is 1.28. The molecule has 0 N–H and O–H groups in total. The van der Waals surface area contributed by atoms with Gasteiger partial charge in [-0.2, -0.15) is 5.10 Å². The lowest BCUT2D eigenvalue weighted by Gasteiger charge is -2.11. The maximum atomic E-state index is 6.13. The first-order valence-corrected chi connectivity index (χ1v) is 12.5. The number of nitrogens with zero attached hydrogens (tertiary/aromatic N) is 2. The lowest BCUT2D eigenvalue weighted by Crippen LogP contribution is -2.12. The van der Waals surface area contributed by atoms with Gasteiger partial charge in [-0.05, 0) is 46.5 Å². The fourth-order valence-electron chi connectivity index (χ4n) is 3.67. The third kappa shape index (κ3) is 5.46. The van der Waals surface area contributed by atoms with Crippen LogP contribution in [0.5, 0.6) is 11.6 Å². The van der Waals surface area contributed by atoms with Crippen LogP contribution in [0.25, 0.3) is 22.0 Å². The summed E-state index contributed by atoms with van der Waals surface area (Å²) in [5.41, 5.74) is 1.97. The molecular formula is C27H23BrN2O2S. The zero-order chi connectivity index (χ0) is 22.5. The second-order valence-corrected chi connectivity index (χ2v) is 9.58. The van der Waals surface area contributed by atoms with Crippen LogP contribution < -0.4 is 9.47 Å². The third-order valence-corrected chi connectivity index (χ3v) is 6.77. The smallest absolute Gasteiger partial charge is 0.212 e. The van der Waals surface area contributed by atoms with E-state index < -0.39 is 0 Å². The van der Waals surface area contributed by atoms with E-state index in [1.54, 1.807) is 11.3 Å². The maximum Gasteiger partial charge on any atom is 0.212 e. The normalized spacial score (nSPS) is 11.1. The molecule has 6 heteroatoms. The number of halogens is 1. The molecule has 2 heterocycles. The molecule has 5 aromatic rings. The van der Waals surface area contributed by atoms with Gasteiger partial charge < -0.3 is 9.47 Å². The van der Waals surface area contributed by atoms with Gasteiger partial charge in [0.1, 0.15) is 12.4 Å². The maximum absolute atomic E-state index is 6.13. The Bertz CT molecular complexity index is 1330. The highest BCUT2D eigenvalue weighted by Crippen LogP contribution is 2.26. The minimum Gasteiger partial charge on any atom is -0.492 e. The summed E-state index contributed by atoms with van der Waals surface area (Å²) in [6.45, 7) is 1.71. The summed E-state index contributed by atoms with van der Waals surface area (Å²) in [5.74, 6) is 1.61. The van der Waals surface area contributed by atoms with Gasteiger partial charge in [-0.1, -0.05) is 64.5 Å². The summed E-state index contributed by atoms with van der Waals surface area (Å²) >= 11 is 5.27. The molecule has 0 saturated carbocycles. The van der Waals surface area contributed by atoms with E-state index in [9.17, 15) is 0 Å². The standard InChI is InChI=1S/C27H23BrN2O2S/c28-23-10-8-22-18-24(11-9-21(22)17-23)31-15-13-30-27(32-14-12-25-7-4-16-33-25)19-26(29-30)20-5-2-1-3-6-20/h1-11,16-19H,12-15H2. The van der Waals surface area contributed by atoms with E-state index in [-0.39, 0.29) is 0 Å². The van der Waals surface area contributed by atoms with Crippen molar-refractivity contribution in [3.05, 3.63) is 99.7 Å². The Labute approximate surface area is 205 Å². The summed E-state index contributed by atoms with van der Waals surface area (Å²) in [5, 5.41) is 9.22. The van der Waals surface area contributed by atoms with Crippen molar-refractivity contribution in [2.45, 2.75) is 13.0 Å². The zero-order valence-corrected chi connectivity index (χ0v) is 20.4. The van der Waals surface area contributed by atoms with E-state index in [0.29, 0.717) is 19.8 Å². The van der Waals surface area contributed by atoms with E-state index in [2.05, 4.69) is 69.8 Å². The van der Waals surface area contributed by atoms with Gasteiger partial charge in [0.15, 0.2) is 0 Å². The SMILES string of the molecule is Brc1ccc2cc(OCCn3nc(-c4ccccc4)cc3OCCc3cccs3)ccc2c1. The van der Waals surface area contributed by atoms with Crippen LogP contribution in [0.2, 0.25) is 0 Å². The summed E-state index contributed by atoms with van der Waals surface area (Å²) in [6, 6.07) is 28.8. The van der Waals surface area contributed by atoms with Crippen molar-refractivity contribution in [1.82, 2.24) is 9.78 Å². The molecule has 33 heavy (non-hydrogen) atoms. The van der Waals surface area contributed by atoms with Crippen molar-refractivity contribution in [3.8, 4) is 22.9 Å². The van der Waals surface area contributed by atoms with E-state index in [1.807, 2.05) is 41.1 Å². The van der Waals surface area contributed by atoms with Crippen LogP contribution in [0.15, 0.2) is 94.8 Å². The minimum absolute atomic E-state index is 0.499. The van der Waals surface area contributed by atoms with Crippen LogP contribution in [0.3, 0.4) is 0 Å². The molecule has 0 aliphatic rings. The number of hydrogen-bond acceptors (Lipinski definition) is 4. The predicted molar refractivity (Wildman–Crippen MR) is 138 cm³/mol. The van der Waals surface area contributed by atoms with E-state index in [4.69, 9.17) is 14.6 Å². The molecule has 0 fully saturated rings. The van der Waals surface area contributed by atoms with Crippen LogP contribution in [0, 0.1) is 0 Å². The molecule has 0 bridgehead atoms. The largest absolute Gasteiger partial charge is 0.492 e. The number of ether oxygens (including phenoxy) is 2. The van der Waals surface area contributed by atoms with Gasteiger partial charge in [0.2, 0.25) is 5.88 Å². The summed E-state index contributed by atoms with van der Waals surface area (Å²) < 4.78 is 15.2. The Morgan fingerprint density at radius 2 is 1.67 bits per heavy atom. The number of rotatable bonds is 9. The van der Waals surface area contributed by atoms with Gasteiger partial charge in [0.05, 0.1) is 18.8 Å². The lowest BCUT2D eigenvalue weighted by atomic mass is 10.1. The summed E-state index contributed by atoms with van der Waals surface area (Å²) in [6.07, 6.45) is 0.882. The molecule has 0 unspecified atom stereocenters. The van der Waals surface area contributed by atoms with Gasteiger partial charge in [-0.25, -0.2) is 4.68 Å². The van der Waals surface area contributed by atoms with Crippen LogP contribution in [-0.2, 0) is 13.0 Å². The minimum atomic E-state index is 0.499. The second kappa shape index (κ2) is 10.2. The van der Waals surface area contributed by atoms with Gasteiger partial charge in [-0.15, -0.1) is 11.3 Å². The Kier molecular flexibility index (Phi) is 6.74. The van der Waals surface area contributed by atoms with Crippen LogP contribution in [-0.4, -0.2) is 23.0 Å². The van der Waals surface area contributed by atoms with Crippen molar-refractivity contribution in [1.29, 1.82) is 0 Å². The van der Waals surface area contributed by atoms with Crippen molar-refractivity contribution in [2.75, 3.05) is 13.2 Å². The monoisotopic (exact) mass is 518 g/mol. The number of fused-ring (bicyclic) bond motifs is 1. The highest BCUT2D eigenvalue weighted by atomic mass is 79.9. The lowest BCUT2D eigenvalue weighted by molar-refractivity contribution is 0.254. The van der Waals surface area contributed by atoms with Gasteiger partial charge >= 0.3 is 0 Å². The molecule has 0 saturated heterocycles. The van der Waals surface area contributed by atoms with E-state index in [1.165, 1.54) is 10.3 Å². The molecule has 0 radical (unpaired) electrons. The van der Waals surface area contributed by atoms with Gasteiger partial charge in [0, 0.05) is 27.4 Å². The van der Waals surface area contributed by atoms with Gasteiger partial charge in [-0.3, -0.25) is 0 Å². The molecule has 0 amide bonds. The quantitative estimate of drug-likeness (QED) is 0.206. The number of aromatic nitrogens is 2. The topological polar surface area (TPSA) is 36.3 Å². The first-order valence-electron chi connectivity index (χ1n) is 10.9. The number of hydrogen-bond donors (Lipinski definition) is 0. The third-order valence-electron chi connectivity index (χ3n) is 5.34. The highest BCUT2D eigenvalue weighted by Gasteiger charge is 2.11. The van der Waals surface area contributed by atoms with E-state index >= 15 is 0 Å². The molecule has 5 rings (SSSR count). The number of benzene rings is 3. The molecule has 2 aromatic heterocycles.